The van der Waals surface area contributed by atoms with Crippen LogP contribution in [-0.2, 0) is 14.6 Å². The Morgan fingerprint density at radius 3 is 1.79 bits per heavy atom. The summed E-state index contributed by atoms with van der Waals surface area (Å²) in [4.78, 5) is 0. The van der Waals surface area contributed by atoms with Gasteiger partial charge in [-0.3, -0.25) is 0 Å². The summed E-state index contributed by atoms with van der Waals surface area (Å²) < 4.78 is 10.7. The normalized spacial score (nSPS) is 36.6. The lowest BCUT2D eigenvalue weighted by Crippen LogP contribution is -2.37. The van der Waals surface area contributed by atoms with Crippen molar-refractivity contribution >= 4 is 0 Å². The van der Waals surface area contributed by atoms with Gasteiger partial charge in [0.15, 0.2) is 0 Å². The minimum absolute atomic E-state index is 0.232. The van der Waals surface area contributed by atoms with E-state index >= 15 is 0 Å². The highest BCUT2D eigenvalue weighted by Crippen LogP contribution is 2.27. The Kier molecular flexibility index (Phi) is 3.79. The molecule has 3 heteroatoms. The second-order valence-corrected chi connectivity index (χ2v) is 4.42. The Morgan fingerprint density at radius 2 is 1.43 bits per heavy atom. The van der Waals surface area contributed by atoms with Crippen molar-refractivity contribution in [3.05, 3.63) is 0 Å². The molecule has 0 saturated carbocycles. The van der Waals surface area contributed by atoms with E-state index < -0.39 is 6.10 Å². The molecule has 2 rings (SSSR count). The fraction of sp³-hybridized carbons (Fsp3) is 1.00. The van der Waals surface area contributed by atoms with Crippen LogP contribution in [0.3, 0.4) is 0 Å². The van der Waals surface area contributed by atoms with Gasteiger partial charge in [-0.1, -0.05) is 0 Å². The first-order chi connectivity index (χ1) is 6.88. The SMILES string of the molecule is [O]C(C1CCCOC1)C1CCCOC1. The van der Waals surface area contributed by atoms with Crippen molar-refractivity contribution in [3.8, 4) is 0 Å². The topological polar surface area (TPSA) is 38.4 Å². The van der Waals surface area contributed by atoms with E-state index in [1.165, 1.54) is 0 Å². The molecule has 2 aliphatic rings. The van der Waals surface area contributed by atoms with Gasteiger partial charge in [0, 0.05) is 25.0 Å². The summed E-state index contributed by atoms with van der Waals surface area (Å²) in [7, 11) is 0. The van der Waals surface area contributed by atoms with Crippen molar-refractivity contribution < 1.29 is 14.6 Å². The molecule has 2 atom stereocenters. The van der Waals surface area contributed by atoms with Gasteiger partial charge in [-0.2, -0.15) is 0 Å². The first kappa shape index (κ1) is 10.4. The number of rotatable bonds is 2. The number of hydrogen-bond acceptors (Lipinski definition) is 2. The lowest BCUT2D eigenvalue weighted by atomic mass is 9.84. The van der Waals surface area contributed by atoms with Gasteiger partial charge < -0.3 is 9.47 Å². The Bertz CT molecular complexity index is 142. The molecular weight excluding hydrogens is 180 g/mol. The van der Waals surface area contributed by atoms with Crippen molar-refractivity contribution in [3.63, 3.8) is 0 Å². The summed E-state index contributed by atoms with van der Waals surface area (Å²) in [6, 6.07) is 0. The lowest BCUT2D eigenvalue weighted by Gasteiger charge is -2.32. The fourth-order valence-corrected chi connectivity index (χ4v) is 2.43. The lowest BCUT2D eigenvalue weighted by molar-refractivity contribution is -0.0970. The van der Waals surface area contributed by atoms with Crippen LogP contribution in [0.4, 0.5) is 0 Å². The van der Waals surface area contributed by atoms with Crippen LogP contribution in [0.5, 0.6) is 0 Å². The van der Waals surface area contributed by atoms with Crippen molar-refractivity contribution in [2.45, 2.75) is 31.8 Å². The quantitative estimate of drug-likeness (QED) is 0.678. The van der Waals surface area contributed by atoms with Crippen molar-refractivity contribution in [1.29, 1.82) is 0 Å². The van der Waals surface area contributed by atoms with E-state index in [0.717, 1.165) is 38.9 Å². The highest BCUT2D eigenvalue weighted by Gasteiger charge is 2.31. The van der Waals surface area contributed by atoms with Gasteiger partial charge in [0.1, 0.15) is 6.10 Å². The van der Waals surface area contributed by atoms with E-state index in [0.29, 0.717) is 13.2 Å². The molecule has 2 unspecified atom stereocenters. The second-order valence-electron chi connectivity index (χ2n) is 4.42. The van der Waals surface area contributed by atoms with Crippen molar-refractivity contribution in [2.24, 2.45) is 11.8 Å². The highest BCUT2D eigenvalue weighted by atomic mass is 16.5. The molecule has 0 bridgehead atoms. The molecular formula is C11H19O3. The molecule has 2 fully saturated rings. The van der Waals surface area contributed by atoms with E-state index in [9.17, 15) is 5.11 Å². The predicted octanol–water partition coefficient (Wildman–Crippen LogP) is 1.64. The van der Waals surface area contributed by atoms with Crippen LogP contribution in [0.15, 0.2) is 0 Å². The summed E-state index contributed by atoms with van der Waals surface area (Å²) in [5.41, 5.74) is 0. The van der Waals surface area contributed by atoms with Crippen LogP contribution >= 0.6 is 0 Å². The summed E-state index contributed by atoms with van der Waals surface area (Å²) in [6.45, 7) is 3.02. The Balaban J connectivity index is 1.82. The minimum atomic E-state index is -0.462. The van der Waals surface area contributed by atoms with Crippen LogP contribution in [-0.4, -0.2) is 32.5 Å². The maximum atomic E-state index is 12.1. The highest BCUT2D eigenvalue weighted by molar-refractivity contribution is 4.79. The smallest absolute Gasteiger partial charge is 0.103 e. The molecule has 0 aliphatic carbocycles. The van der Waals surface area contributed by atoms with Gasteiger partial charge in [0.05, 0.1) is 13.2 Å². The van der Waals surface area contributed by atoms with Crippen LogP contribution < -0.4 is 0 Å². The van der Waals surface area contributed by atoms with E-state index in [-0.39, 0.29) is 11.8 Å². The molecule has 0 aromatic carbocycles. The summed E-state index contributed by atoms with van der Waals surface area (Å²) in [5.74, 6) is 0.464. The number of ether oxygens (including phenoxy) is 2. The second kappa shape index (κ2) is 5.10. The molecule has 0 N–H and O–H groups in total. The van der Waals surface area contributed by atoms with Crippen LogP contribution in [0.1, 0.15) is 25.7 Å². The summed E-state index contributed by atoms with van der Waals surface area (Å²) >= 11 is 0. The van der Waals surface area contributed by atoms with Gasteiger partial charge in [0.2, 0.25) is 0 Å². The summed E-state index contributed by atoms with van der Waals surface area (Å²) in [6.07, 6.45) is 3.74. The summed E-state index contributed by atoms with van der Waals surface area (Å²) in [5, 5.41) is 12.1. The fourth-order valence-electron chi connectivity index (χ4n) is 2.43. The van der Waals surface area contributed by atoms with E-state index in [2.05, 4.69) is 0 Å². The Hall–Kier alpha value is -0.120. The van der Waals surface area contributed by atoms with Gasteiger partial charge in [0.25, 0.3) is 0 Å². The maximum Gasteiger partial charge on any atom is 0.103 e. The Labute approximate surface area is 85.4 Å². The van der Waals surface area contributed by atoms with Crippen LogP contribution in [0, 0.1) is 11.8 Å². The minimum Gasteiger partial charge on any atom is -0.381 e. The third kappa shape index (κ3) is 2.47. The molecule has 0 aromatic rings. The number of hydrogen-bond donors (Lipinski definition) is 0. The average molecular weight is 199 g/mol. The standard InChI is InChI=1S/C11H19O3/c12-11(9-3-1-5-13-7-9)10-4-2-6-14-8-10/h9-11H,1-8H2. The average Bonchev–Trinajstić information content (AvgIpc) is 2.30. The molecule has 2 heterocycles. The Morgan fingerprint density at radius 1 is 0.929 bits per heavy atom. The van der Waals surface area contributed by atoms with Crippen molar-refractivity contribution in [2.75, 3.05) is 26.4 Å². The first-order valence-corrected chi connectivity index (χ1v) is 5.69. The third-order valence-electron chi connectivity index (χ3n) is 3.32. The van der Waals surface area contributed by atoms with Gasteiger partial charge >= 0.3 is 0 Å². The van der Waals surface area contributed by atoms with Gasteiger partial charge in [-0.15, -0.1) is 0 Å². The molecule has 3 nitrogen and oxygen atoms in total. The molecule has 0 aromatic heterocycles. The van der Waals surface area contributed by atoms with E-state index in [1.54, 1.807) is 0 Å². The maximum absolute atomic E-state index is 12.1. The molecule has 14 heavy (non-hydrogen) atoms. The third-order valence-corrected chi connectivity index (χ3v) is 3.32. The molecule has 0 amide bonds. The monoisotopic (exact) mass is 199 g/mol. The molecule has 1 radical (unpaired) electrons. The van der Waals surface area contributed by atoms with E-state index in [4.69, 9.17) is 9.47 Å². The largest absolute Gasteiger partial charge is 0.381 e. The van der Waals surface area contributed by atoms with Gasteiger partial charge in [-0.25, -0.2) is 5.11 Å². The molecule has 2 aliphatic heterocycles. The van der Waals surface area contributed by atoms with Gasteiger partial charge in [-0.05, 0) is 25.7 Å². The zero-order chi connectivity index (χ0) is 9.80. The predicted molar refractivity (Wildman–Crippen MR) is 51.6 cm³/mol. The zero-order valence-corrected chi connectivity index (χ0v) is 8.61. The zero-order valence-electron chi connectivity index (χ0n) is 8.61. The molecule has 81 valence electrons. The van der Waals surface area contributed by atoms with Crippen LogP contribution in [0.2, 0.25) is 0 Å². The molecule has 0 spiro atoms. The molecule has 2 saturated heterocycles. The van der Waals surface area contributed by atoms with Crippen molar-refractivity contribution in [1.82, 2.24) is 0 Å². The van der Waals surface area contributed by atoms with E-state index in [1.807, 2.05) is 0 Å². The van der Waals surface area contributed by atoms with Crippen LogP contribution in [0.25, 0.3) is 0 Å². The first-order valence-electron chi connectivity index (χ1n) is 5.69.